The molecule has 8 heteroatoms. The largest absolute Gasteiger partial charge is 0.370 e. The fraction of sp³-hybridized carbons (Fsp3) is 0.750. The number of primary amides is 1. The molecule has 1 aliphatic heterocycles. The molecule has 2 amide bonds. The molecule has 2 heterocycles. The molecule has 1 saturated heterocycles. The Morgan fingerprint density at radius 1 is 1.21 bits per heavy atom. The van der Waals surface area contributed by atoms with Crippen LogP contribution in [0.25, 0.3) is 0 Å². The van der Waals surface area contributed by atoms with Gasteiger partial charge in [0.15, 0.2) is 5.16 Å². The lowest BCUT2D eigenvalue weighted by Crippen LogP contribution is -2.38. The van der Waals surface area contributed by atoms with Crippen LogP contribution < -0.4 is 5.73 Å². The van der Waals surface area contributed by atoms with Crippen molar-refractivity contribution in [2.24, 2.45) is 11.7 Å². The number of thioether (sulfide) groups is 1. The molecule has 3 rings (SSSR count). The van der Waals surface area contributed by atoms with Gasteiger partial charge in [0.1, 0.15) is 5.82 Å². The van der Waals surface area contributed by atoms with Crippen molar-refractivity contribution in [2.75, 3.05) is 18.8 Å². The summed E-state index contributed by atoms with van der Waals surface area (Å²) >= 11 is 1.41. The molecular formula is C16H25N5O2S. The second-order valence-corrected chi connectivity index (χ2v) is 7.78. The normalized spacial score (nSPS) is 18.8. The zero-order chi connectivity index (χ0) is 17.1. The van der Waals surface area contributed by atoms with Crippen molar-refractivity contribution in [3.05, 3.63) is 5.82 Å². The van der Waals surface area contributed by atoms with E-state index in [9.17, 15) is 9.59 Å². The van der Waals surface area contributed by atoms with E-state index in [2.05, 4.69) is 17.1 Å². The lowest BCUT2D eigenvalue weighted by Gasteiger charge is -2.30. The Labute approximate surface area is 146 Å². The van der Waals surface area contributed by atoms with Gasteiger partial charge in [0.05, 0.1) is 5.75 Å². The highest BCUT2D eigenvalue weighted by molar-refractivity contribution is 7.99. The Bertz CT molecular complexity index is 606. The third kappa shape index (κ3) is 4.28. The summed E-state index contributed by atoms with van der Waals surface area (Å²) in [4.78, 5) is 25.4. The second-order valence-electron chi connectivity index (χ2n) is 6.83. The fourth-order valence-corrected chi connectivity index (χ4v) is 3.83. The van der Waals surface area contributed by atoms with Gasteiger partial charge in [-0.3, -0.25) is 9.59 Å². The standard InChI is InChI=1S/C16H25N5O2S/c1-11-4-7-20(8-5-11)14(23)10-24-16-19-18-15(12-2-3-12)21(16)9-6-13(17)22/h11-12H,2-10H2,1H3,(H2,17,22). The van der Waals surface area contributed by atoms with Gasteiger partial charge in [-0.15, -0.1) is 10.2 Å². The summed E-state index contributed by atoms with van der Waals surface area (Å²) in [5.41, 5.74) is 5.27. The second kappa shape index (κ2) is 7.55. The highest BCUT2D eigenvalue weighted by atomic mass is 32.2. The van der Waals surface area contributed by atoms with Crippen LogP contribution in [0.2, 0.25) is 0 Å². The molecule has 0 atom stereocenters. The number of aromatic nitrogens is 3. The quantitative estimate of drug-likeness (QED) is 0.749. The van der Waals surface area contributed by atoms with Crippen molar-refractivity contribution in [1.82, 2.24) is 19.7 Å². The van der Waals surface area contributed by atoms with Crippen LogP contribution in [0.15, 0.2) is 5.16 Å². The molecule has 1 aromatic heterocycles. The van der Waals surface area contributed by atoms with Gasteiger partial charge in [-0.05, 0) is 31.6 Å². The van der Waals surface area contributed by atoms with Crippen LogP contribution in [0.5, 0.6) is 0 Å². The van der Waals surface area contributed by atoms with E-state index in [-0.39, 0.29) is 18.2 Å². The topological polar surface area (TPSA) is 94.1 Å². The van der Waals surface area contributed by atoms with E-state index in [1.807, 2.05) is 9.47 Å². The van der Waals surface area contributed by atoms with Gasteiger partial charge >= 0.3 is 0 Å². The van der Waals surface area contributed by atoms with E-state index in [0.717, 1.165) is 49.8 Å². The first-order chi connectivity index (χ1) is 11.5. The molecule has 1 saturated carbocycles. The Hall–Kier alpha value is -1.57. The minimum Gasteiger partial charge on any atom is -0.370 e. The van der Waals surface area contributed by atoms with Crippen LogP contribution in [0.3, 0.4) is 0 Å². The van der Waals surface area contributed by atoms with E-state index in [1.165, 1.54) is 11.8 Å². The summed E-state index contributed by atoms with van der Waals surface area (Å²) in [5, 5.41) is 9.23. The predicted molar refractivity (Wildman–Crippen MR) is 91.5 cm³/mol. The molecule has 2 N–H and O–H groups in total. The summed E-state index contributed by atoms with van der Waals surface area (Å²) in [7, 11) is 0. The highest BCUT2D eigenvalue weighted by Crippen LogP contribution is 2.40. The van der Waals surface area contributed by atoms with Crippen LogP contribution in [0.1, 0.15) is 50.8 Å². The molecule has 0 radical (unpaired) electrons. The van der Waals surface area contributed by atoms with Crippen LogP contribution >= 0.6 is 11.8 Å². The van der Waals surface area contributed by atoms with E-state index < -0.39 is 0 Å². The molecular weight excluding hydrogens is 326 g/mol. The molecule has 7 nitrogen and oxygen atoms in total. The molecule has 2 aliphatic rings. The first-order valence-corrected chi connectivity index (χ1v) is 9.65. The molecule has 1 aromatic rings. The van der Waals surface area contributed by atoms with E-state index >= 15 is 0 Å². The van der Waals surface area contributed by atoms with Gasteiger partial charge in [-0.25, -0.2) is 0 Å². The van der Waals surface area contributed by atoms with E-state index in [1.54, 1.807) is 0 Å². The minimum absolute atomic E-state index is 0.157. The van der Waals surface area contributed by atoms with E-state index in [4.69, 9.17) is 5.73 Å². The summed E-state index contributed by atoms with van der Waals surface area (Å²) in [6.45, 7) is 4.42. The number of carbonyl (C=O) groups excluding carboxylic acids is 2. The van der Waals surface area contributed by atoms with Crippen molar-refractivity contribution in [1.29, 1.82) is 0 Å². The van der Waals surface area contributed by atoms with Crippen LogP contribution in [0, 0.1) is 5.92 Å². The Morgan fingerprint density at radius 2 is 1.92 bits per heavy atom. The number of hydrogen-bond donors (Lipinski definition) is 1. The van der Waals surface area contributed by atoms with Crippen LogP contribution in [0.4, 0.5) is 0 Å². The number of nitrogens with two attached hydrogens (primary N) is 1. The SMILES string of the molecule is CC1CCN(C(=O)CSc2nnc(C3CC3)n2CCC(N)=O)CC1. The maximum atomic E-state index is 12.4. The van der Waals surface area contributed by atoms with Crippen molar-refractivity contribution in [3.63, 3.8) is 0 Å². The van der Waals surface area contributed by atoms with Gasteiger partial charge in [-0.1, -0.05) is 18.7 Å². The van der Waals surface area contributed by atoms with Crippen LogP contribution in [-0.4, -0.2) is 50.3 Å². The third-order valence-electron chi connectivity index (χ3n) is 4.73. The number of nitrogens with zero attached hydrogens (tertiary/aromatic N) is 4. The smallest absolute Gasteiger partial charge is 0.233 e. The molecule has 132 valence electrons. The molecule has 0 spiro atoms. The number of likely N-dealkylation sites (tertiary alicyclic amines) is 1. The number of carbonyl (C=O) groups is 2. The van der Waals surface area contributed by atoms with E-state index in [0.29, 0.717) is 24.1 Å². The maximum absolute atomic E-state index is 12.4. The first kappa shape index (κ1) is 17.3. The lowest BCUT2D eigenvalue weighted by atomic mass is 9.99. The molecule has 0 unspecified atom stereocenters. The van der Waals surface area contributed by atoms with Gasteiger partial charge in [0.2, 0.25) is 11.8 Å². The third-order valence-corrected chi connectivity index (χ3v) is 5.68. The summed E-state index contributed by atoms with van der Waals surface area (Å²) in [5.74, 6) is 2.27. The van der Waals surface area contributed by atoms with Gasteiger partial charge in [0, 0.05) is 32.0 Å². The van der Waals surface area contributed by atoms with Crippen molar-refractivity contribution < 1.29 is 9.59 Å². The fourth-order valence-electron chi connectivity index (χ4n) is 2.96. The number of piperidine rings is 1. The average molecular weight is 351 g/mol. The minimum atomic E-state index is -0.333. The first-order valence-electron chi connectivity index (χ1n) is 8.66. The van der Waals surface area contributed by atoms with Crippen molar-refractivity contribution in [2.45, 2.75) is 56.6 Å². The summed E-state index contributed by atoms with van der Waals surface area (Å²) < 4.78 is 1.97. The molecule has 1 aliphatic carbocycles. The number of amides is 2. The predicted octanol–water partition coefficient (Wildman–Crippen LogP) is 1.38. The molecule has 2 fully saturated rings. The maximum Gasteiger partial charge on any atom is 0.233 e. The van der Waals surface area contributed by atoms with Crippen molar-refractivity contribution in [3.8, 4) is 0 Å². The summed E-state index contributed by atoms with van der Waals surface area (Å²) in [6, 6.07) is 0. The molecule has 24 heavy (non-hydrogen) atoms. The molecule has 0 bridgehead atoms. The Morgan fingerprint density at radius 3 is 2.54 bits per heavy atom. The van der Waals surface area contributed by atoms with Gasteiger partial charge in [0.25, 0.3) is 0 Å². The van der Waals surface area contributed by atoms with Gasteiger partial charge in [-0.2, -0.15) is 0 Å². The Kier molecular flexibility index (Phi) is 5.43. The number of rotatable bonds is 7. The zero-order valence-corrected chi connectivity index (χ0v) is 14.9. The monoisotopic (exact) mass is 351 g/mol. The number of hydrogen-bond acceptors (Lipinski definition) is 5. The highest BCUT2D eigenvalue weighted by Gasteiger charge is 2.30. The average Bonchev–Trinajstić information content (AvgIpc) is 3.32. The van der Waals surface area contributed by atoms with Crippen LogP contribution in [-0.2, 0) is 16.1 Å². The summed E-state index contributed by atoms with van der Waals surface area (Å²) in [6.07, 6.45) is 4.66. The lowest BCUT2D eigenvalue weighted by molar-refractivity contribution is -0.129. The van der Waals surface area contributed by atoms with Crippen molar-refractivity contribution >= 4 is 23.6 Å². The molecule has 0 aromatic carbocycles. The van der Waals surface area contributed by atoms with Gasteiger partial charge < -0.3 is 15.2 Å². The Balaban J connectivity index is 1.59. The zero-order valence-electron chi connectivity index (χ0n) is 14.1.